The average molecular weight is 353 g/mol. The van der Waals surface area contributed by atoms with Gasteiger partial charge in [0.05, 0.1) is 0 Å². The van der Waals surface area contributed by atoms with Crippen LogP contribution in [0.3, 0.4) is 0 Å². The zero-order valence-electron chi connectivity index (χ0n) is 13.4. The molecule has 2 aliphatic rings. The number of alkyl halides is 3. The first-order valence-electron chi connectivity index (χ1n) is 8.40. The molecule has 8 heteroatoms. The van der Waals surface area contributed by atoms with Crippen molar-refractivity contribution in [2.45, 2.75) is 50.4 Å². The van der Waals surface area contributed by atoms with Crippen LogP contribution in [-0.4, -0.2) is 23.0 Å². The van der Waals surface area contributed by atoms with Gasteiger partial charge < -0.3 is 15.1 Å². The Labute approximate surface area is 142 Å². The molecule has 1 amide bonds. The number of carbonyl (C=O) groups is 1. The van der Waals surface area contributed by atoms with Gasteiger partial charge in [0.1, 0.15) is 5.52 Å². The Hall–Kier alpha value is -2.09. The SMILES string of the molecule is O=C(CC1CC2CCC(C1)N2)Nc1ccc2oc(C(F)(F)F)nc2c1. The van der Waals surface area contributed by atoms with E-state index in [0.29, 0.717) is 30.1 Å². The molecule has 2 aromatic rings. The van der Waals surface area contributed by atoms with Gasteiger partial charge in [-0.05, 0) is 49.8 Å². The highest BCUT2D eigenvalue weighted by molar-refractivity contribution is 5.92. The summed E-state index contributed by atoms with van der Waals surface area (Å²) in [6.07, 6.45) is 0.152. The molecular weight excluding hydrogens is 335 g/mol. The van der Waals surface area contributed by atoms with Crippen LogP contribution in [0.25, 0.3) is 11.1 Å². The van der Waals surface area contributed by atoms with E-state index >= 15 is 0 Å². The number of carbonyl (C=O) groups excluding carboxylic acids is 1. The number of piperidine rings is 1. The molecule has 2 N–H and O–H groups in total. The van der Waals surface area contributed by atoms with Crippen LogP contribution in [0.5, 0.6) is 0 Å². The van der Waals surface area contributed by atoms with E-state index in [4.69, 9.17) is 0 Å². The number of benzene rings is 1. The van der Waals surface area contributed by atoms with Crippen molar-refractivity contribution in [3.05, 3.63) is 24.1 Å². The molecule has 0 spiro atoms. The third-order valence-electron chi connectivity index (χ3n) is 4.96. The van der Waals surface area contributed by atoms with Crippen molar-refractivity contribution in [3.63, 3.8) is 0 Å². The number of anilines is 1. The van der Waals surface area contributed by atoms with E-state index in [9.17, 15) is 18.0 Å². The van der Waals surface area contributed by atoms with Crippen LogP contribution in [0, 0.1) is 5.92 Å². The molecule has 2 aliphatic heterocycles. The summed E-state index contributed by atoms with van der Waals surface area (Å²) < 4.78 is 42.6. The summed E-state index contributed by atoms with van der Waals surface area (Å²) in [6, 6.07) is 5.35. The van der Waals surface area contributed by atoms with Gasteiger partial charge in [0.25, 0.3) is 0 Å². The summed E-state index contributed by atoms with van der Waals surface area (Å²) in [5.41, 5.74) is 0.543. The number of rotatable bonds is 3. The monoisotopic (exact) mass is 353 g/mol. The molecule has 2 saturated heterocycles. The topological polar surface area (TPSA) is 67.2 Å². The number of hydrogen-bond donors (Lipinski definition) is 2. The second-order valence-corrected chi connectivity index (χ2v) is 6.93. The Morgan fingerprint density at radius 1 is 1.28 bits per heavy atom. The van der Waals surface area contributed by atoms with Crippen molar-refractivity contribution in [2.75, 3.05) is 5.32 Å². The number of aromatic nitrogens is 1. The second-order valence-electron chi connectivity index (χ2n) is 6.93. The van der Waals surface area contributed by atoms with Gasteiger partial charge in [-0.2, -0.15) is 13.2 Å². The Kier molecular flexibility index (Phi) is 3.94. The molecule has 4 rings (SSSR count). The predicted molar refractivity (Wildman–Crippen MR) is 84.9 cm³/mol. The molecule has 1 aromatic carbocycles. The minimum Gasteiger partial charge on any atom is -0.433 e. The third-order valence-corrected chi connectivity index (χ3v) is 4.96. The number of oxazole rings is 1. The first kappa shape index (κ1) is 16.4. The molecule has 2 bridgehead atoms. The molecule has 1 aromatic heterocycles. The van der Waals surface area contributed by atoms with Crippen LogP contribution in [-0.2, 0) is 11.0 Å². The van der Waals surface area contributed by atoms with Crippen LogP contribution in [0.2, 0.25) is 0 Å². The van der Waals surface area contributed by atoms with Gasteiger partial charge in [0.2, 0.25) is 5.91 Å². The summed E-state index contributed by atoms with van der Waals surface area (Å²) in [5.74, 6) is -1.05. The third kappa shape index (κ3) is 3.49. The number of nitrogens with zero attached hydrogens (tertiary/aromatic N) is 1. The van der Waals surface area contributed by atoms with Crippen molar-refractivity contribution in [1.29, 1.82) is 0 Å². The van der Waals surface area contributed by atoms with E-state index in [1.807, 2.05) is 0 Å². The molecule has 2 unspecified atom stereocenters. The first-order valence-corrected chi connectivity index (χ1v) is 8.40. The van der Waals surface area contributed by atoms with Crippen LogP contribution >= 0.6 is 0 Å². The Balaban J connectivity index is 1.42. The van der Waals surface area contributed by atoms with E-state index in [2.05, 4.69) is 20.0 Å². The summed E-state index contributed by atoms with van der Waals surface area (Å²) in [6.45, 7) is 0. The maximum Gasteiger partial charge on any atom is 0.468 e. The number of nitrogens with one attached hydrogen (secondary N) is 2. The Bertz CT molecular complexity index is 790. The zero-order valence-corrected chi connectivity index (χ0v) is 13.4. The fourth-order valence-corrected chi connectivity index (χ4v) is 3.94. The normalized spacial score (nSPS) is 26.1. The van der Waals surface area contributed by atoms with E-state index < -0.39 is 12.1 Å². The maximum absolute atomic E-state index is 12.6. The molecule has 3 heterocycles. The Morgan fingerprint density at radius 3 is 2.68 bits per heavy atom. The van der Waals surface area contributed by atoms with Gasteiger partial charge in [-0.25, -0.2) is 4.98 Å². The van der Waals surface area contributed by atoms with E-state index in [1.165, 1.54) is 31.0 Å². The quantitative estimate of drug-likeness (QED) is 0.883. The van der Waals surface area contributed by atoms with Crippen LogP contribution < -0.4 is 10.6 Å². The molecule has 134 valence electrons. The summed E-state index contributed by atoms with van der Waals surface area (Å²) in [4.78, 5) is 15.7. The summed E-state index contributed by atoms with van der Waals surface area (Å²) in [7, 11) is 0. The molecule has 2 atom stereocenters. The van der Waals surface area contributed by atoms with E-state index in [-0.39, 0.29) is 17.0 Å². The van der Waals surface area contributed by atoms with Crippen molar-refractivity contribution in [1.82, 2.24) is 10.3 Å². The largest absolute Gasteiger partial charge is 0.468 e. The number of halogens is 3. The van der Waals surface area contributed by atoms with Crippen molar-refractivity contribution < 1.29 is 22.4 Å². The van der Waals surface area contributed by atoms with E-state index in [1.54, 1.807) is 0 Å². The number of amides is 1. The lowest BCUT2D eigenvalue weighted by Gasteiger charge is -2.28. The maximum atomic E-state index is 12.6. The minimum atomic E-state index is -4.63. The lowest BCUT2D eigenvalue weighted by atomic mass is 9.89. The second kappa shape index (κ2) is 6.01. The van der Waals surface area contributed by atoms with Crippen molar-refractivity contribution in [2.24, 2.45) is 5.92 Å². The van der Waals surface area contributed by atoms with Gasteiger partial charge in [-0.1, -0.05) is 0 Å². The Morgan fingerprint density at radius 2 is 2.00 bits per heavy atom. The lowest BCUT2D eigenvalue weighted by molar-refractivity contribution is -0.156. The number of hydrogen-bond acceptors (Lipinski definition) is 4. The van der Waals surface area contributed by atoms with Gasteiger partial charge in [0.15, 0.2) is 5.58 Å². The van der Waals surface area contributed by atoms with Crippen LogP contribution in [0.4, 0.5) is 18.9 Å². The van der Waals surface area contributed by atoms with Gasteiger partial charge >= 0.3 is 12.1 Å². The molecule has 0 aliphatic carbocycles. The van der Waals surface area contributed by atoms with Gasteiger partial charge in [-0.15, -0.1) is 0 Å². The average Bonchev–Trinajstić information content (AvgIpc) is 3.09. The van der Waals surface area contributed by atoms with Crippen LogP contribution in [0.1, 0.15) is 38.0 Å². The zero-order chi connectivity index (χ0) is 17.6. The number of fused-ring (bicyclic) bond motifs is 3. The molecular formula is C17H18F3N3O2. The molecule has 0 radical (unpaired) electrons. The van der Waals surface area contributed by atoms with Gasteiger partial charge in [0, 0.05) is 24.2 Å². The van der Waals surface area contributed by atoms with Crippen molar-refractivity contribution in [3.8, 4) is 0 Å². The predicted octanol–water partition coefficient (Wildman–Crippen LogP) is 3.71. The lowest BCUT2D eigenvalue weighted by Crippen LogP contribution is -2.39. The first-order chi connectivity index (χ1) is 11.9. The standard InChI is InChI=1S/C17H18F3N3O2/c18-17(19,20)16-23-13-8-12(3-4-14(13)25-16)22-15(24)7-9-5-10-1-2-11(6-9)21-10/h3-4,8-11,21H,1-2,5-7H2,(H,22,24). The fraction of sp³-hybridized carbons (Fsp3) is 0.529. The van der Waals surface area contributed by atoms with Crippen LogP contribution in [0.15, 0.2) is 22.6 Å². The highest BCUT2D eigenvalue weighted by Gasteiger charge is 2.37. The molecule has 5 nitrogen and oxygen atoms in total. The highest BCUT2D eigenvalue weighted by Crippen LogP contribution is 2.34. The minimum absolute atomic E-state index is 0.0419. The summed E-state index contributed by atoms with van der Waals surface area (Å²) >= 11 is 0. The molecule has 25 heavy (non-hydrogen) atoms. The summed E-state index contributed by atoms with van der Waals surface area (Å²) in [5, 5.41) is 6.29. The van der Waals surface area contributed by atoms with Gasteiger partial charge in [-0.3, -0.25) is 4.79 Å². The highest BCUT2D eigenvalue weighted by atomic mass is 19.4. The smallest absolute Gasteiger partial charge is 0.433 e. The fourth-order valence-electron chi connectivity index (χ4n) is 3.94. The molecule has 2 fully saturated rings. The van der Waals surface area contributed by atoms with E-state index in [0.717, 1.165) is 12.8 Å². The molecule has 0 saturated carbocycles. The van der Waals surface area contributed by atoms with Crippen molar-refractivity contribution >= 4 is 22.7 Å².